The van der Waals surface area contributed by atoms with E-state index in [9.17, 15) is 8.42 Å². The molecule has 1 aliphatic heterocycles. The first-order valence-corrected chi connectivity index (χ1v) is 6.39. The van der Waals surface area contributed by atoms with Crippen LogP contribution in [0.1, 0.15) is 0 Å². The van der Waals surface area contributed by atoms with Crippen molar-refractivity contribution in [2.24, 2.45) is 0 Å². The molecule has 0 aliphatic carbocycles. The molecule has 0 aromatic carbocycles. The molecule has 0 N–H and O–H groups in total. The summed E-state index contributed by atoms with van der Waals surface area (Å²) in [5.74, 6) is 0. The summed E-state index contributed by atoms with van der Waals surface area (Å²) >= 11 is 0. The van der Waals surface area contributed by atoms with Crippen molar-refractivity contribution in [3.05, 3.63) is 0 Å². The predicted octanol–water partition coefficient (Wildman–Crippen LogP) is -0.607. The minimum absolute atomic E-state index is 0.0148. The molecule has 0 aromatic heterocycles. The molecular weight excluding hydrogens is 224 g/mol. The van der Waals surface area contributed by atoms with Gasteiger partial charge >= 0.3 is 0 Å². The minimum Gasteiger partial charge on any atom is -0.382 e. The molecule has 0 bridgehead atoms. The van der Waals surface area contributed by atoms with Crippen LogP contribution in [0.2, 0.25) is 0 Å². The fourth-order valence-electron chi connectivity index (χ4n) is 1.24. The van der Waals surface area contributed by atoms with E-state index < -0.39 is 10.1 Å². The molecule has 7 heteroatoms. The molecule has 1 heterocycles. The van der Waals surface area contributed by atoms with Gasteiger partial charge in [0.1, 0.15) is 12.2 Å². The molecule has 1 fully saturated rings. The normalized spacial score (nSPS) is 27.9. The van der Waals surface area contributed by atoms with Crippen LogP contribution in [-0.4, -0.2) is 60.4 Å². The fourth-order valence-corrected chi connectivity index (χ4v) is 1.64. The summed E-state index contributed by atoms with van der Waals surface area (Å²) in [5.41, 5.74) is 0. The van der Waals surface area contributed by atoms with Crippen LogP contribution in [0.25, 0.3) is 0 Å². The Morgan fingerprint density at radius 3 is 2.40 bits per heavy atom. The highest BCUT2D eigenvalue weighted by molar-refractivity contribution is 7.85. The van der Waals surface area contributed by atoms with Gasteiger partial charge in [-0.1, -0.05) is 0 Å². The molecule has 6 nitrogen and oxygen atoms in total. The summed E-state index contributed by atoms with van der Waals surface area (Å²) in [6.45, 7) is 1.22. The van der Waals surface area contributed by atoms with Gasteiger partial charge in [-0.05, 0) is 0 Å². The first kappa shape index (κ1) is 12.9. The summed E-state index contributed by atoms with van der Waals surface area (Å²) in [6.07, 6.45) is 0.495. The van der Waals surface area contributed by atoms with E-state index >= 15 is 0 Å². The number of hydrogen-bond donors (Lipinski definition) is 0. The van der Waals surface area contributed by atoms with Gasteiger partial charge in [-0.25, -0.2) is 0 Å². The smallest absolute Gasteiger partial charge is 0.264 e. The Balaban J connectivity index is 2.30. The van der Waals surface area contributed by atoms with Crippen LogP contribution in [0.15, 0.2) is 0 Å². The lowest BCUT2D eigenvalue weighted by Crippen LogP contribution is -2.41. The van der Waals surface area contributed by atoms with Crippen molar-refractivity contribution in [2.75, 3.05) is 39.8 Å². The van der Waals surface area contributed by atoms with Crippen molar-refractivity contribution in [1.82, 2.24) is 0 Å². The molecule has 0 radical (unpaired) electrons. The van der Waals surface area contributed by atoms with Gasteiger partial charge in [0.15, 0.2) is 0 Å². The third-order valence-electron chi connectivity index (χ3n) is 1.81. The fraction of sp³-hybridized carbons (Fsp3) is 1.00. The maximum Gasteiger partial charge on any atom is 0.264 e. The molecule has 2 atom stereocenters. The van der Waals surface area contributed by atoms with Crippen molar-refractivity contribution >= 4 is 10.1 Å². The molecule has 0 spiro atoms. The lowest BCUT2D eigenvalue weighted by Gasteiger charge is -2.29. The van der Waals surface area contributed by atoms with E-state index in [-0.39, 0.29) is 18.8 Å². The molecule has 0 aromatic rings. The number of rotatable bonds is 5. The number of methoxy groups -OCH3 is 1. The maximum atomic E-state index is 10.7. The lowest BCUT2D eigenvalue weighted by atomic mass is 10.3. The zero-order valence-electron chi connectivity index (χ0n) is 8.84. The van der Waals surface area contributed by atoms with Gasteiger partial charge in [0.05, 0.1) is 32.7 Å². The van der Waals surface area contributed by atoms with Crippen LogP contribution in [0.4, 0.5) is 0 Å². The Morgan fingerprint density at radius 2 is 1.87 bits per heavy atom. The summed E-state index contributed by atoms with van der Waals surface area (Å²) in [5, 5.41) is 0. The van der Waals surface area contributed by atoms with Crippen LogP contribution in [-0.2, 0) is 28.5 Å². The molecular formula is C8H16O6S. The van der Waals surface area contributed by atoms with E-state index in [4.69, 9.17) is 14.2 Å². The van der Waals surface area contributed by atoms with Crippen molar-refractivity contribution < 1.29 is 26.8 Å². The lowest BCUT2D eigenvalue weighted by molar-refractivity contribution is -0.161. The topological polar surface area (TPSA) is 71.1 Å². The van der Waals surface area contributed by atoms with Gasteiger partial charge in [-0.15, -0.1) is 0 Å². The highest BCUT2D eigenvalue weighted by atomic mass is 32.2. The molecule has 1 unspecified atom stereocenters. The van der Waals surface area contributed by atoms with Crippen molar-refractivity contribution in [2.45, 2.75) is 12.2 Å². The average molecular weight is 240 g/mol. The Hall–Kier alpha value is -0.210. The van der Waals surface area contributed by atoms with Crippen molar-refractivity contribution in [3.8, 4) is 0 Å². The van der Waals surface area contributed by atoms with Crippen LogP contribution in [0.5, 0.6) is 0 Å². The quantitative estimate of drug-likeness (QED) is 0.597. The van der Waals surface area contributed by atoms with E-state index in [2.05, 4.69) is 4.18 Å². The zero-order valence-corrected chi connectivity index (χ0v) is 9.66. The van der Waals surface area contributed by atoms with Gasteiger partial charge in [-0.3, -0.25) is 4.18 Å². The second-order valence-corrected chi connectivity index (χ2v) is 5.01. The molecule has 1 aliphatic rings. The van der Waals surface area contributed by atoms with Crippen LogP contribution >= 0.6 is 0 Å². The first-order chi connectivity index (χ1) is 7.01. The molecule has 1 rings (SSSR count). The maximum absolute atomic E-state index is 10.7. The van der Waals surface area contributed by atoms with Crippen LogP contribution < -0.4 is 0 Å². The van der Waals surface area contributed by atoms with Crippen molar-refractivity contribution in [3.63, 3.8) is 0 Å². The average Bonchev–Trinajstić information content (AvgIpc) is 2.15. The predicted molar refractivity (Wildman–Crippen MR) is 52.2 cm³/mol. The molecule has 15 heavy (non-hydrogen) atoms. The third kappa shape index (κ3) is 5.43. The van der Waals surface area contributed by atoms with Gasteiger partial charge in [-0.2, -0.15) is 8.42 Å². The SMILES string of the molecule is COCC1COC[C@@H](COS(C)(=O)=O)O1. The van der Waals surface area contributed by atoms with Crippen molar-refractivity contribution in [1.29, 1.82) is 0 Å². The Morgan fingerprint density at radius 1 is 1.27 bits per heavy atom. The van der Waals surface area contributed by atoms with E-state index in [1.54, 1.807) is 7.11 Å². The zero-order chi connectivity index (χ0) is 11.3. The number of ether oxygens (including phenoxy) is 3. The Kier molecular flexibility index (Phi) is 4.94. The van der Waals surface area contributed by atoms with E-state index in [1.807, 2.05) is 0 Å². The third-order valence-corrected chi connectivity index (χ3v) is 2.38. The summed E-state index contributed by atoms with van der Waals surface area (Å²) in [7, 11) is -1.85. The Labute approximate surface area is 89.6 Å². The molecule has 1 saturated heterocycles. The van der Waals surface area contributed by atoms with Gasteiger partial charge in [0, 0.05) is 7.11 Å². The van der Waals surface area contributed by atoms with Crippen LogP contribution in [0, 0.1) is 0 Å². The first-order valence-electron chi connectivity index (χ1n) is 4.58. The standard InChI is InChI=1S/C8H16O6S/c1-11-3-7-4-12-5-8(14-7)6-13-15(2,9)10/h7-8H,3-6H2,1-2H3/t7?,8-/m0/s1. The number of hydrogen-bond acceptors (Lipinski definition) is 6. The molecule has 0 saturated carbocycles. The summed E-state index contributed by atoms with van der Waals surface area (Å²) < 4.78 is 41.7. The molecule has 0 amide bonds. The van der Waals surface area contributed by atoms with Gasteiger partial charge < -0.3 is 14.2 Å². The van der Waals surface area contributed by atoms with E-state index in [0.29, 0.717) is 19.8 Å². The van der Waals surface area contributed by atoms with E-state index in [1.165, 1.54) is 0 Å². The second-order valence-electron chi connectivity index (χ2n) is 3.36. The highest BCUT2D eigenvalue weighted by Gasteiger charge is 2.24. The Bertz CT molecular complexity index is 273. The second kappa shape index (κ2) is 5.76. The summed E-state index contributed by atoms with van der Waals surface area (Å²) in [4.78, 5) is 0. The van der Waals surface area contributed by atoms with Gasteiger partial charge in [0.2, 0.25) is 0 Å². The van der Waals surface area contributed by atoms with Gasteiger partial charge in [0.25, 0.3) is 10.1 Å². The minimum atomic E-state index is -3.42. The van der Waals surface area contributed by atoms with Crippen LogP contribution in [0.3, 0.4) is 0 Å². The molecule has 90 valence electrons. The summed E-state index contributed by atoms with van der Waals surface area (Å²) in [6, 6.07) is 0. The highest BCUT2D eigenvalue weighted by Crippen LogP contribution is 2.09. The largest absolute Gasteiger partial charge is 0.382 e. The monoisotopic (exact) mass is 240 g/mol. The van der Waals surface area contributed by atoms with E-state index in [0.717, 1.165) is 6.26 Å².